The SMILES string of the molecule is COc1ccc(C(O)C2(CN)CCC(C)C2)cc1OC. The molecule has 112 valence electrons. The van der Waals surface area contributed by atoms with Crippen LogP contribution in [0.15, 0.2) is 18.2 Å². The fraction of sp³-hybridized carbons (Fsp3) is 0.625. The Morgan fingerprint density at radius 1 is 1.35 bits per heavy atom. The summed E-state index contributed by atoms with van der Waals surface area (Å²) in [5, 5.41) is 10.8. The number of rotatable bonds is 5. The number of nitrogens with two attached hydrogens (primary N) is 1. The van der Waals surface area contributed by atoms with E-state index < -0.39 is 6.10 Å². The molecule has 3 N–H and O–H groups in total. The molecule has 1 saturated carbocycles. The number of aliphatic hydroxyl groups excluding tert-OH is 1. The van der Waals surface area contributed by atoms with Gasteiger partial charge in [-0.05, 0) is 36.5 Å². The second-order valence-corrected chi connectivity index (χ2v) is 5.93. The Labute approximate surface area is 120 Å². The van der Waals surface area contributed by atoms with Gasteiger partial charge in [0, 0.05) is 12.0 Å². The maximum Gasteiger partial charge on any atom is 0.161 e. The van der Waals surface area contributed by atoms with Crippen molar-refractivity contribution in [2.24, 2.45) is 17.1 Å². The molecule has 3 atom stereocenters. The zero-order valence-electron chi connectivity index (χ0n) is 12.6. The number of aliphatic hydroxyl groups is 1. The summed E-state index contributed by atoms with van der Waals surface area (Å²) in [7, 11) is 3.21. The van der Waals surface area contributed by atoms with Crippen LogP contribution < -0.4 is 15.2 Å². The molecule has 0 spiro atoms. The van der Waals surface area contributed by atoms with E-state index in [1.807, 2.05) is 18.2 Å². The van der Waals surface area contributed by atoms with Crippen LogP contribution in [0.25, 0.3) is 0 Å². The van der Waals surface area contributed by atoms with Crippen LogP contribution in [0.1, 0.15) is 37.9 Å². The lowest BCUT2D eigenvalue weighted by Crippen LogP contribution is -2.34. The van der Waals surface area contributed by atoms with E-state index in [4.69, 9.17) is 15.2 Å². The van der Waals surface area contributed by atoms with Crippen molar-refractivity contribution in [2.45, 2.75) is 32.3 Å². The van der Waals surface area contributed by atoms with E-state index in [1.54, 1.807) is 14.2 Å². The Morgan fingerprint density at radius 2 is 2.05 bits per heavy atom. The average Bonchev–Trinajstić information content (AvgIpc) is 2.88. The molecule has 0 radical (unpaired) electrons. The van der Waals surface area contributed by atoms with E-state index in [9.17, 15) is 5.11 Å². The van der Waals surface area contributed by atoms with E-state index >= 15 is 0 Å². The first-order chi connectivity index (χ1) is 9.56. The fourth-order valence-corrected chi connectivity index (χ4v) is 3.35. The van der Waals surface area contributed by atoms with Crippen LogP contribution in [0.2, 0.25) is 0 Å². The van der Waals surface area contributed by atoms with Gasteiger partial charge in [-0.15, -0.1) is 0 Å². The quantitative estimate of drug-likeness (QED) is 0.869. The molecule has 0 aliphatic heterocycles. The van der Waals surface area contributed by atoms with Gasteiger partial charge in [0.15, 0.2) is 11.5 Å². The number of hydrogen-bond acceptors (Lipinski definition) is 4. The van der Waals surface area contributed by atoms with Gasteiger partial charge in [-0.1, -0.05) is 19.4 Å². The molecule has 4 nitrogen and oxygen atoms in total. The average molecular weight is 279 g/mol. The molecular formula is C16H25NO3. The maximum atomic E-state index is 10.8. The molecule has 0 bridgehead atoms. The maximum absolute atomic E-state index is 10.8. The molecule has 1 aromatic carbocycles. The van der Waals surface area contributed by atoms with Crippen molar-refractivity contribution >= 4 is 0 Å². The zero-order chi connectivity index (χ0) is 14.8. The normalized spacial score (nSPS) is 27.4. The molecule has 0 heterocycles. The Kier molecular flexibility index (Phi) is 4.55. The lowest BCUT2D eigenvalue weighted by atomic mass is 9.76. The molecule has 1 aromatic rings. The van der Waals surface area contributed by atoms with Gasteiger partial charge in [-0.3, -0.25) is 0 Å². The van der Waals surface area contributed by atoms with Gasteiger partial charge in [-0.2, -0.15) is 0 Å². The lowest BCUT2D eigenvalue weighted by Gasteiger charge is -2.33. The van der Waals surface area contributed by atoms with Gasteiger partial charge in [0.2, 0.25) is 0 Å². The lowest BCUT2D eigenvalue weighted by molar-refractivity contribution is 0.0306. The van der Waals surface area contributed by atoms with Gasteiger partial charge in [-0.25, -0.2) is 0 Å². The first-order valence-electron chi connectivity index (χ1n) is 7.16. The van der Waals surface area contributed by atoms with Crippen LogP contribution in [-0.4, -0.2) is 25.9 Å². The molecule has 1 aliphatic rings. The molecule has 1 fully saturated rings. The van der Waals surface area contributed by atoms with Crippen molar-refractivity contribution in [2.75, 3.05) is 20.8 Å². The first kappa shape index (κ1) is 15.1. The van der Waals surface area contributed by atoms with Crippen LogP contribution in [0.5, 0.6) is 11.5 Å². The number of hydrogen-bond donors (Lipinski definition) is 2. The monoisotopic (exact) mass is 279 g/mol. The number of ether oxygens (including phenoxy) is 2. The molecule has 1 aliphatic carbocycles. The molecule has 0 aromatic heterocycles. The summed E-state index contributed by atoms with van der Waals surface area (Å²) in [5.41, 5.74) is 6.62. The van der Waals surface area contributed by atoms with Crippen molar-refractivity contribution in [1.82, 2.24) is 0 Å². The Balaban J connectivity index is 2.30. The highest BCUT2D eigenvalue weighted by atomic mass is 16.5. The van der Waals surface area contributed by atoms with Crippen molar-refractivity contribution in [3.8, 4) is 11.5 Å². The molecule has 2 rings (SSSR count). The first-order valence-corrected chi connectivity index (χ1v) is 7.16. The predicted molar refractivity (Wildman–Crippen MR) is 79.0 cm³/mol. The Morgan fingerprint density at radius 3 is 2.55 bits per heavy atom. The molecular weight excluding hydrogens is 254 g/mol. The van der Waals surface area contributed by atoms with E-state index in [0.29, 0.717) is 24.0 Å². The summed E-state index contributed by atoms with van der Waals surface area (Å²) in [6, 6.07) is 5.58. The van der Waals surface area contributed by atoms with E-state index in [1.165, 1.54) is 0 Å². The Hall–Kier alpha value is -1.26. The Bertz CT molecular complexity index is 463. The van der Waals surface area contributed by atoms with Crippen LogP contribution in [-0.2, 0) is 0 Å². The highest BCUT2D eigenvalue weighted by Crippen LogP contribution is 2.49. The van der Waals surface area contributed by atoms with Crippen molar-refractivity contribution in [1.29, 1.82) is 0 Å². The highest BCUT2D eigenvalue weighted by Gasteiger charge is 2.43. The van der Waals surface area contributed by atoms with Gasteiger partial charge >= 0.3 is 0 Å². The van der Waals surface area contributed by atoms with E-state index in [2.05, 4.69) is 6.92 Å². The fourth-order valence-electron chi connectivity index (χ4n) is 3.35. The zero-order valence-corrected chi connectivity index (χ0v) is 12.6. The van der Waals surface area contributed by atoms with E-state index in [-0.39, 0.29) is 5.41 Å². The molecule has 4 heteroatoms. The van der Waals surface area contributed by atoms with E-state index in [0.717, 1.165) is 24.8 Å². The summed E-state index contributed by atoms with van der Waals surface area (Å²) < 4.78 is 10.5. The summed E-state index contributed by atoms with van der Waals surface area (Å²) >= 11 is 0. The summed E-state index contributed by atoms with van der Waals surface area (Å²) in [5.74, 6) is 1.93. The van der Waals surface area contributed by atoms with Crippen molar-refractivity contribution in [3.05, 3.63) is 23.8 Å². The number of benzene rings is 1. The minimum Gasteiger partial charge on any atom is -0.493 e. The van der Waals surface area contributed by atoms with Crippen LogP contribution in [0, 0.1) is 11.3 Å². The third-order valence-electron chi connectivity index (χ3n) is 4.60. The smallest absolute Gasteiger partial charge is 0.161 e. The molecule has 0 saturated heterocycles. The molecule has 20 heavy (non-hydrogen) atoms. The second-order valence-electron chi connectivity index (χ2n) is 5.93. The topological polar surface area (TPSA) is 64.7 Å². The molecule has 3 unspecified atom stereocenters. The van der Waals surface area contributed by atoms with Crippen molar-refractivity contribution in [3.63, 3.8) is 0 Å². The van der Waals surface area contributed by atoms with Crippen LogP contribution in [0.3, 0.4) is 0 Å². The van der Waals surface area contributed by atoms with Gasteiger partial charge in [0.1, 0.15) is 0 Å². The third-order valence-corrected chi connectivity index (χ3v) is 4.60. The second kappa shape index (κ2) is 6.02. The van der Waals surface area contributed by atoms with Crippen molar-refractivity contribution < 1.29 is 14.6 Å². The van der Waals surface area contributed by atoms with Crippen LogP contribution in [0.4, 0.5) is 0 Å². The highest BCUT2D eigenvalue weighted by molar-refractivity contribution is 5.44. The summed E-state index contributed by atoms with van der Waals surface area (Å²) in [6.45, 7) is 2.73. The third kappa shape index (κ3) is 2.63. The summed E-state index contributed by atoms with van der Waals surface area (Å²) in [4.78, 5) is 0. The van der Waals surface area contributed by atoms with Crippen LogP contribution >= 0.6 is 0 Å². The standard InChI is InChI=1S/C16H25NO3/c1-11-6-7-16(9-11,10-17)15(18)12-4-5-13(19-2)14(8-12)20-3/h4-5,8,11,15,18H,6-7,9-10,17H2,1-3H3. The molecule has 0 amide bonds. The van der Waals surface area contributed by atoms with Gasteiger partial charge < -0.3 is 20.3 Å². The minimum atomic E-state index is -0.558. The van der Waals surface area contributed by atoms with Gasteiger partial charge in [0.05, 0.1) is 20.3 Å². The van der Waals surface area contributed by atoms with Gasteiger partial charge in [0.25, 0.3) is 0 Å². The number of methoxy groups -OCH3 is 2. The predicted octanol–water partition coefficient (Wildman–Crippen LogP) is 2.50. The minimum absolute atomic E-state index is 0.209. The largest absolute Gasteiger partial charge is 0.493 e. The summed E-state index contributed by atoms with van der Waals surface area (Å²) in [6.07, 6.45) is 2.51.